The molecule has 1 aromatic rings. The van der Waals surface area contributed by atoms with Crippen LogP contribution in [0.25, 0.3) is 0 Å². The second-order valence-electron chi connectivity index (χ2n) is 3.61. The van der Waals surface area contributed by atoms with Crippen molar-refractivity contribution in [3.63, 3.8) is 0 Å². The molecule has 0 amide bonds. The molecule has 1 aliphatic heterocycles. The van der Waals surface area contributed by atoms with Crippen molar-refractivity contribution in [2.24, 2.45) is 5.73 Å². The number of carbonyl (C=O) groups excluding carboxylic acids is 1. The van der Waals surface area contributed by atoms with E-state index in [2.05, 4.69) is 4.74 Å². The average Bonchev–Trinajstić information content (AvgIpc) is 2.83. The number of rotatable bonds is 3. The summed E-state index contributed by atoms with van der Waals surface area (Å²) in [5, 5.41) is 9.90. The molecule has 1 aromatic carbocycles. The van der Waals surface area contributed by atoms with Gasteiger partial charge in [0.1, 0.15) is 12.1 Å². The molecule has 0 radical (unpaired) electrons. The lowest BCUT2D eigenvalue weighted by Gasteiger charge is -2.17. The first-order valence-electron chi connectivity index (χ1n) is 5.04. The van der Waals surface area contributed by atoms with E-state index in [-0.39, 0.29) is 6.79 Å². The van der Waals surface area contributed by atoms with Crippen molar-refractivity contribution in [3.8, 4) is 11.5 Å². The van der Waals surface area contributed by atoms with Crippen LogP contribution in [-0.2, 0) is 9.53 Å². The average molecular weight is 239 g/mol. The Morgan fingerprint density at radius 1 is 1.47 bits per heavy atom. The van der Waals surface area contributed by atoms with Gasteiger partial charge in [-0.15, -0.1) is 0 Å². The van der Waals surface area contributed by atoms with Gasteiger partial charge in [0.15, 0.2) is 11.5 Å². The highest BCUT2D eigenvalue weighted by Gasteiger charge is 2.26. The van der Waals surface area contributed by atoms with E-state index < -0.39 is 18.1 Å². The van der Waals surface area contributed by atoms with E-state index in [1.807, 2.05) is 0 Å². The van der Waals surface area contributed by atoms with Crippen molar-refractivity contribution in [2.75, 3.05) is 13.9 Å². The van der Waals surface area contributed by atoms with Gasteiger partial charge < -0.3 is 25.1 Å². The van der Waals surface area contributed by atoms with Crippen molar-refractivity contribution >= 4 is 5.97 Å². The summed E-state index contributed by atoms with van der Waals surface area (Å²) in [5.74, 6) is 0.460. The molecule has 0 fully saturated rings. The van der Waals surface area contributed by atoms with Gasteiger partial charge in [0.05, 0.1) is 7.11 Å². The fourth-order valence-corrected chi connectivity index (χ4v) is 1.57. The third-order valence-corrected chi connectivity index (χ3v) is 2.55. The van der Waals surface area contributed by atoms with Crippen LogP contribution in [0.2, 0.25) is 0 Å². The molecule has 0 saturated heterocycles. The summed E-state index contributed by atoms with van der Waals surface area (Å²) in [5.41, 5.74) is 6.03. The Labute approximate surface area is 97.9 Å². The Balaban J connectivity index is 2.19. The second kappa shape index (κ2) is 4.60. The van der Waals surface area contributed by atoms with Crippen LogP contribution in [0.15, 0.2) is 18.2 Å². The maximum absolute atomic E-state index is 11.2. The lowest BCUT2D eigenvalue weighted by molar-refractivity contribution is -0.145. The molecular weight excluding hydrogens is 226 g/mol. The zero-order valence-corrected chi connectivity index (χ0v) is 9.25. The van der Waals surface area contributed by atoms with Crippen LogP contribution in [0.3, 0.4) is 0 Å². The summed E-state index contributed by atoms with van der Waals surface area (Å²) in [6.45, 7) is 0.151. The summed E-state index contributed by atoms with van der Waals surface area (Å²) in [6.07, 6.45) is -1.14. The van der Waals surface area contributed by atoms with E-state index in [1.54, 1.807) is 18.2 Å². The van der Waals surface area contributed by atoms with E-state index in [4.69, 9.17) is 15.2 Å². The molecule has 6 nitrogen and oxygen atoms in total. The smallest absolute Gasteiger partial charge is 0.325 e. The molecule has 6 heteroatoms. The second-order valence-corrected chi connectivity index (χ2v) is 3.61. The van der Waals surface area contributed by atoms with Gasteiger partial charge in [-0.05, 0) is 17.7 Å². The monoisotopic (exact) mass is 239 g/mol. The number of esters is 1. The van der Waals surface area contributed by atoms with Gasteiger partial charge in [-0.25, -0.2) is 0 Å². The van der Waals surface area contributed by atoms with Crippen LogP contribution >= 0.6 is 0 Å². The lowest BCUT2D eigenvalue weighted by Crippen LogP contribution is -2.37. The van der Waals surface area contributed by atoms with E-state index in [0.29, 0.717) is 17.1 Å². The van der Waals surface area contributed by atoms with Crippen LogP contribution in [0, 0.1) is 0 Å². The molecule has 0 aliphatic carbocycles. The van der Waals surface area contributed by atoms with Gasteiger partial charge in [-0.3, -0.25) is 4.79 Å². The summed E-state index contributed by atoms with van der Waals surface area (Å²) in [6, 6.07) is 3.75. The fraction of sp³-hybridized carbons (Fsp3) is 0.364. The Morgan fingerprint density at radius 2 is 2.18 bits per heavy atom. The van der Waals surface area contributed by atoms with Gasteiger partial charge in [0.2, 0.25) is 6.79 Å². The highest BCUT2D eigenvalue weighted by molar-refractivity contribution is 5.76. The van der Waals surface area contributed by atoms with Gasteiger partial charge >= 0.3 is 5.97 Å². The number of ether oxygens (including phenoxy) is 3. The summed E-state index contributed by atoms with van der Waals surface area (Å²) < 4.78 is 14.8. The minimum absolute atomic E-state index is 0.151. The summed E-state index contributed by atoms with van der Waals surface area (Å²) in [4.78, 5) is 11.2. The van der Waals surface area contributed by atoms with Crippen molar-refractivity contribution in [1.29, 1.82) is 0 Å². The van der Waals surface area contributed by atoms with Crippen LogP contribution < -0.4 is 15.2 Å². The molecule has 92 valence electrons. The van der Waals surface area contributed by atoms with Crippen LogP contribution in [0.1, 0.15) is 11.7 Å². The minimum atomic E-state index is -1.14. The first-order chi connectivity index (χ1) is 8.13. The van der Waals surface area contributed by atoms with Gasteiger partial charge in [-0.1, -0.05) is 6.07 Å². The molecule has 3 N–H and O–H groups in total. The first-order valence-corrected chi connectivity index (χ1v) is 5.04. The number of fused-ring (bicyclic) bond motifs is 1. The molecule has 0 spiro atoms. The summed E-state index contributed by atoms with van der Waals surface area (Å²) >= 11 is 0. The fourth-order valence-electron chi connectivity index (χ4n) is 1.57. The molecule has 1 heterocycles. The zero-order chi connectivity index (χ0) is 12.4. The number of hydrogen-bond donors (Lipinski definition) is 2. The van der Waals surface area contributed by atoms with Gasteiger partial charge in [0.25, 0.3) is 0 Å². The third-order valence-electron chi connectivity index (χ3n) is 2.55. The highest BCUT2D eigenvalue weighted by Crippen LogP contribution is 2.34. The zero-order valence-electron chi connectivity index (χ0n) is 9.25. The first kappa shape index (κ1) is 11.7. The van der Waals surface area contributed by atoms with E-state index in [0.717, 1.165) is 0 Å². The third kappa shape index (κ3) is 2.17. The number of nitrogens with two attached hydrogens (primary N) is 1. The molecule has 1 aliphatic rings. The van der Waals surface area contributed by atoms with E-state index in [9.17, 15) is 9.90 Å². The Kier molecular flexibility index (Phi) is 3.16. The van der Waals surface area contributed by atoms with Gasteiger partial charge in [0, 0.05) is 0 Å². The number of hydrogen-bond acceptors (Lipinski definition) is 6. The summed E-state index contributed by atoms with van der Waals surface area (Å²) in [7, 11) is 1.22. The molecule has 0 bridgehead atoms. The SMILES string of the molecule is COC(=O)[C@H](N)C(O)c1ccc2c(c1)OCO2. The molecule has 17 heavy (non-hydrogen) atoms. The quantitative estimate of drug-likeness (QED) is 0.718. The minimum Gasteiger partial charge on any atom is -0.468 e. The number of aliphatic hydroxyl groups excluding tert-OH is 1. The number of carbonyl (C=O) groups is 1. The van der Waals surface area contributed by atoms with E-state index in [1.165, 1.54) is 7.11 Å². The maximum atomic E-state index is 11.2. The molecule has 2 atom stereocenters. The number of aliphatic hydroxyl groups is 1. The number of methoxy groups -OCH3 is 1. The van der Waals surface area contributed by atoms with Gasteiger partial charge in [-0.2, -0.15) is 0 Å². The van der Waals surface area contributed by atoms with Crippen LogP contribution in [0.5, 0.6) is 11.5 Å². The van der Waals surface area contributed by atoms with E-state index >= 15 is 0 Å². The van der Waals surface area contributed by atoms with Crippen LogP contribution in [-0.4, -0.2) is 31.0 Å². The van der Waals surface area contributed by atoms with Crippen molar-refractivity contribution < 1.29 is 24.1 Å². The normalized spacial score (nSPS) is 16.4. The van der Waals surface area contributed by atoms with Crippen molar-refractivity contribution in [2.45, 2.75) is 12.1 Å². The molecular formula is C11H13NO5. The van der Waals surface area contributed by atoms with Crippen LogP contribution in [0.4, 0.5) is 0 Å². The topological polar surface area (TPSA) is 91.0 Å². The molecule has 1 unspecified atom stereocenters. The Morgan fingerprint density at radius 3 is 2.88 bits per heavy atom. The Hall–Kier alpha value is -1.79. The molecule has 0 aromatic heterocycles. The largest absolute Gasteiger partial charge is 0.468 e. The Bertz CT molecular complexity index is 434. The molecule has 2 rings (SSSR count). The van der Waals surface area contributed by atoms with Crippen molar-refractivity contribution in [1.82, 2.24) is 0 Å². The maximum Gasteiger partial charge on any atom is 0.325 e. The number of benzene rings is 1. The highest BCUT2D eigenvalue weighted by atomic mass is 16.7. The van der Waals surface area contributed by atoms with Crippen molar-refractivity contribution in [3.05, 3.63) is 23.8 Å². The standard InChI is InChI=1S/C11H13NO5/c1-15-11(14)9(12)10(13)6-2-3-7-8(4-6)17-5-16-7/h2-4,9-10,13H,5,12H2,1H3/t9-,10?/m1/s1. The lowest BCUT2D eigenvalue weighted by atomic mass is 10.0. The predicted octanol–water partition coefficient (Wildman–Crippen LogP) is -0.0510. The predicted molar refractivity (Wildman–Crippen MR) is 57.5 cm³/mol. The molecule has 0 saturated carbocycles.